The van der Waals surface area contributed by atoms with E-state index in [9.17, 15) is 13.2 Å². The van der Waals surface area contributed by atoms with Crippen LogP contribution in [0.5, 0.6) is 0 Å². The molecule has 9 heteroatoms. The number of halogens is 3. The highest BCUT2D eigenvalue weighted by molar-refractivity contribution is 5.73. The largest absolute Gasteiger partial charge is 0.391 e. The van der Waals surface area contributed by atoms with Crippen LogP contribution in [0.2, 0.25) is 0 Å². The Balaban J connectivity index is 1.50. The number of hydrogen-bond acceptors (Lipinski definition) is 6. The van der Waals surface area contributed by atoms with E-state index in [1.54, 1.807) is 6.20 Å². The SMILES string of the molecule is Cc1cc([C@@H]2C[C@H](c3nc(C4CC(C(F)(F)F)C4)c4nc(C)c(C)nc4n3)CCO2)ccn1. The van der Waals surface area contributed by atoms with Crippen molar-refractivity contribution in [2.45, 2.75) is 70.6 Å². The molecule has 0 radical (unpaired) electrons. The number of pyridine rings is 1. The van der Waals surface area contributed by atoms with Gasteiger partial charge in [0.1, 0.15) is 11.3 Å². The quantitative estimate of drug-likeness (QED) is 0.522. The molecule has 0 bridgehead atoms. The molecule has 3 aromatic heterocycles. The van der Waals surface area contributed by atoms with Crippen LogP contribution in [0.3, 0.4) is 0 Å². The Morgan fingerprint density at radius 1 is 0.939 bits per heavy atom. The van der Waals surface area contributed by atoms with Gasteiger partial charge in [-0.1, -0.05) is 0 Å². The molecule has 6 nitrogen and oxygen atoms in total. The van der Waals surface area contributed by atoms with Crippen molar-refractivity contribution in [1.82, 2.24) is 24.9 Å². The summed E-state index contributed by atoms with van der Waals surface area (Å²) in [6.45, 7) is 6.21. The van der Waals surface area contributed by atoms with Crippen LogP contribution in [-0.2, 0) is 4.74 Å². The molecule has 1 aliphatic carbocycles. The molecule has 0 aromatic carbocycles. The lowest BCUT2D eigenvalue weighted by Gasteiger charge is -2.36. The Bertz CT molecular complexity index is 1190. The maximum Gasteiger partial charge on any atom is 0.391 e. The van der Waals surface area contributed by atoms with E-state index in [-0.39, 0.29) is 30.8 Å². The van der Waals surface area contributed by atoms with Gasteiger partial charge in [-0.25, -0.2) is 19.9 Å². The van der Waals surface area contributed by atoms with Crippen molar-refractivity contribution in [3.63, 3.8) is 0 Å². The smallest absolute Gasteiger partial charge is 0.373 e. The maximum atomic E-state index is 13.1. The Morgan fingerprint density at radius 2 is 1.70 bits per heavy atom. The number of ether oxygens (including phenoxy) is 1. The first-order valence-electron chi connectivity index (χ1n) is 11.3. The van der Waals surface area contributed by atoms with Gasteiger partial charge in [0.25, 0.3) is 0 Å². The predicted octanol–water partition coefficient (Wildman–Crippen LogP) is 5.43. The summed E-state index contributed by atoms with van der Waals surface area (Å²) in [5, 5.41) is 0. The van der Waals surface area contributed by atoms with Gasteiger partial charge in [0.15, 0.2) is 5.65 Å². The number of alkyl halides is 3. The van der Waals surface area contributed by atoms with Gasteiger partial charge < -0.3 is 4.74 Å². The fourth-order valence-electron chi connectivity index (χ4n) is 4.76. The van der Waals surface area contributed by atoms with E-state index in [0.717, 1.165) is 29.1 Å². The molecular formula is C24H26F3N5O. The molecule has 4 heterocycles. The third kappa shape index (κ3) is 4.30. The number of fused-ring (bicyclic) bond motifs is 1. The summed E-state index contributed by atoms with van der Waals surface area (Å²) in [6, 6.07) is 3.97. The Morgan fingerprint density at radius 3 is 2.42 bits per heavy atom. The summed E-state index contributed by atoms with van der Waals surface area (Å²) in [5.41, 5.74) is 5.09. The van der Waals surface area contributed by atoms with Gasteiger partial charge >= 0.3 is 6.18 Å². The van der Waals surface area contributed by atoms with E-state index < -0.39 is 12.1 Å². The van der Waals surface area contributed by atoms with Gasteiger partial charge in [-0.3, -0.25) is 4.98 Å². The lowest BCUT2D eigenvalue weighted by atomic mass is 9.72. The number of aryl methyl sites for hydroxylation is 3. The summed E-state index contributed by atoms with van der Waals surface area (Å²) in [7, 11) is 0. The third-order valence-electron chi connectivity index (χ3n) is 6.92. The van der Waals surface area contributed by atoms with E-state index in [0.29, 0.717) is 35.7 Å². The van der Waals surface area contributed by atoms with Crippen molar-refractivity contribution in [3.8, 4) is 0 Å². The monoisotopic (exact) mass is 457 g/mol. The van der Waals surface area contributed by atoms with Crippen LogP contribution in [0.1, 0.15) is 77.8 Å². The lowest BCUT2D eigenvalue weighted by Crippen LogP contribution is -2.35. The standard InChI is InChI=1S/C24H26F3N5O/c1-12-8-15(4-6-28-12)19-11-16(5-7-33-19)22-31-20(17-9-18(10-17)24(25,26)27)21-23(32-22)30-14(3)13(2)29-21/h4,6,8,16-19H,5,7,9-11H2,1-3H3/t16-,17?,18?,19+/m1/s1. The van der Waals surface area contributed by atoms with Crippen molar-refractivity contribution in [2.24, 2.45) is 5.92 Å². The molecule has 0 N–H and O–H groups in total. The van der Waals surface area contributed by atoms with Crippen LogP contribution in [-0.4, -0.2) is 37.7 Å². The second-order valence-corrected chi connectivity index (χ2v) is 9.25. The van der Waals surface area contributed by atoms with Crippen molar-refractivity contribution < 1.29 is 17.9 Å². The average molecular weight is 458 g/mol. The van der Waals surface area contributed by atoms with E-state index in [2.05, 4.69) is 15.0 Å². The molecule has 1 saturated carbocycles. The molecule has 3 aromatic rings. The van der Waals surface area contributed by atoms with Gasteiger partial charge in [0, 0.05) is 30.3 Å². The zero-order valence-corrected chi connectivity index (χ0v) is 18.9. The highest BCUT2D eigenvalue weighted by Gasteiger charge is 2.49. The van der Waals surface area contributed by atoms with E-state index in [1.807, 2.05) is 32.9 Å². The Hall–Kier alpha value is -2.68. The van der Waals surface area contributed by atoms with Crippen LogP contribution < -0.4 is 0 Å². The minimum atomic E-state index is -4.17. The summed E-state index contributed by atoms with van der Waals surface area (Å²) in [6.07, 6.45) is -0.972. The topological polar surface area (TPSA) is 73.7 Å². The fraction of sp³-hybridized carbons (Fsp3) is 0.542. The minimum absolute atomic E-state index is 0.0299. The van der Waals surface area contributed by atoms with Gasteiger partial charge in [-0.15, -0.1) is 0 Å². The first-order valence-corrected chi connectivity index (χ1v) is 11.3. The molecule has 1 aliphatic heterocycles. The van der Waals surface area contributed by atoms with Crippen LogP contribution >= 0.6 is 0 Å². The van der Waals surface area contributed by atoms with Crippen molar-refractivity contribution >= 4 is 11.2 Å². The van der Waals surface area contributed by atoms with Gasteiger partial charge in [-0.2, -0.15) is 13.2 Å². The van der Waals surface area contributed by atoms with Crippen LogP contribution in [0.25, 0.3) is 11.2 Å². The van der Waals surface area contributed by atoms with Crippen LogP contribution in [0, 0.1) is 26.7 Å². The highest BCUT2D eigenvalue weighted by Crippen LogP contribution is 2.50. The number of rotatable bonds is 3. The van der Waals surface area contributed by atoms with Gasteiger partial charge in [0.2, 0.25) is 0 Å². The molecule has 0 spiro atoms. The number of aromatic nitrogens is 5. The predicted molar refractivity (Wildman–Crippen MR) is 116 cm³/mol. The first-order chi connectivity index (χ1) is 15.7. The van der Waals surface area contributed by atoms with Crippen molar-refractivity contribution in [1.29, 1.82) is 0 Å². The van der Waals surface area contributed by atoms with E-state index >= 15 is 0 Å². The first kappa shape index (κ1) is 22.1. The Kier molecular flexibility index (Phi) is 5.55. The number of nitrogens with zero attached hydrogens (tertiary/aromatic N) is 5. The van der Waals surface area contributed by atoms with Crippen molar-refractivity contribution in [2.75, 3.05) is 6.61 Å². The third-order valence-corrected chi connectivity index (χ3v) is 6.92. The Labute approximate surface area is 190 Å². The normalized spacial score (nSPS) is 25.8. The van der Waals surface area contributed by atoms with E-state index in [1.165, 1.54) is 0 Å². The zero-order chi connectivity index (χ0) is 23.3. The molecule has 1 saturated heterocycles. The second kappa shape index (κ2) is 8.27. The lowest BCUT2D eigenvalue weighted by molar-refractivity contribution is -0.197. The molecule has 2 atom stereocenters. The van der Waals surface area contributed by atoms with Crippen LogP contribution in [0.4, 0.5) is 13.2 Å². The number of hydrogen-bond donors (Lipinski definition) is 0. The molecule has 0 unspecified atom stereocenters. The molecule has 174 valence electrons. The van der Waals surface area contributed by atoms with Crippen LogP contribution in [0.15, 0.2) is 18.3 Å². The van der Waals surface area contributed by atoms with E-state index in [4.69, 9.17) is 14.7 Å². The van der Waals surface area contributed by atoms with Gasteiger partial charge in [0.05, 0.1) is 29.1 Å². The molecule has 5 rings (SSSR count). The summed E-state index contributed by atoms with van der Waals surface area (Å²) in [4.78, 5) is 23.1. The summed E-state index contributed by atoms with van der Waals surface area (Å²) < 4.78 is 45.5. The molecule has 0 amide bonds. The summed E-state index contributed by atoms with van der Waals surface area (Å²) in [5.74, 6) is -0.902. The van der Waals surface area contributed by atoms with Crippen molar-refractivity contribution in [3.05, 3.63) is 52.5 Å². The zero-order valence-electron chi connectivity index (χ0n) is 18.9. The molecular weight excluding hydrogens is 431 g/mol. The minimum Gasteiger partial charge on any atom is -0.373 e. The molecule has 33 heavy (non-hydrogen) atoms. The van der Waals surface area contributed by atoms with Gasteiger partial charge in [-0.05, 0) is 64.2 Å². The summed E-state index contributed by atoms with van der Waals surface area (Å²) >= 11 is 0. The average Bonchev–Trinajstić information content (AvgIpc) is 2.73. The second-order valence-electron chi connectivity index (χ2n) is 9.25. The highest BCUT2D eigenvalue weighted by atomic mass is 19.4. The molecule has 2 fully saturated rings. The fourth-order valence-corrected chi connectivity index (χ4v) is 4.76. The molecule has 2 aliphatic rings. The maximum absolute atomic E-state index is 13.1.